The zero-order valence-corrected chi connectivity index (χ0v) is 16.9. The van der Waals surface area contributed by atoms with Gasteiger partial charge in [0.05, 0.1) is 29.5 Å². The SMILES string of the molecule is OC(Cn1ccc2c(F)cccc21)(c1ccc2c(cnn2-c2ccc(F)cc2)c1)C(F)(F)F. The van der Waals surface area contributed by atoms with Crippen LogP contribution in [-0.2, 0) is 12.1 Å². The van der Waals surface area contributed by atoms with Crippen molar-refractivity contribution in [3.05, 3.63) is 96.3 Å². The summed E-state index contributed by atoms with van der Waals surface area (Å²) >= 11 is 0. The quantitative estimate of drug-likeness (QED) is 0.352. The van der Waals surface area contributed by atoms with E-state index in [0.717, 1.165) is 0 Å². The van der Waals surface area contributed by atoms with Crippen LogP contribution in [0.4, 0.5) is 22.0 Å². The number of alkyl halides is 3. The topological polar surface area (TPSA) is 43.0 Å². The van der Waals surface area contributed by atoms with Crippen LogP contribution in [0.5, 0.6) is 0 Å². The Kier molecular flexibility index (Phi) is 4.75. The van der Waals surface area contributed by atoms with Gasteiger partial charge in [0.25, 0.3) is 0 Å². The fourth-order valence-electron chi connectivity index (χ4n) is 3.99. The molecule has 0 saturated heterocycles. The highest BCUT2D eigenvalue weighted by Gasteiger charge is 2.55. The van der Waals surface area contributed by atoms with Crippen molar-refractivity contribution >= 4 is 21.8 Å². The van der Waals surface area contributed by atoms with E-state index in [1.807, 2.05) is 0 Å². The molecule has 4 nitrogen and oxygen atoms in total. The lowest BCUT2D eigenvalue weighted by Gasteiger charge is -2.31. The van der Waals surface area contributed by atoms with Gasteiger partial charge in [-0.05, 0) is 60.2 Å². The van der Waals surface area contributed by atoms with Gasteiger partial charge in [-0.15, -0.1) is 0 Å². The standard InChI is InChI=1S/C24H16F5N3O/c25-17-5-7-18(8-6-17)32-21-9-4-16(12-15(21)13-30-32)23(33,24(27,28)29)14-31-11-10-19-20(26)2-1-3-22(19)31/h1-13,33H,14H2. The largest absolute Gasteiger partial charge is 0.423 e. The van der Waals surface area contributed by atoms with Crippen molar-refractivity contribution in [2.45, 2.75) is 18.3 Å². The number of halogens is 5. The normalized spacial score (nSPS) is 14.1. The first-order valence-electron chi connectivity index (χ1n) is 9.94. The predicted molar refractivity (Wildman–Crippen MR) is 113 cm³/mol. The Bertz CT molecular complexity index is 1470. The number of aromatic nitrogens is 3. The molecule has 9 heteroatoms. The van der Waals surface area contributed by atoms with Crippen LogP contribution >= 0.6 is 0 Å². The molecule has 33 heavy (non-hydrogen) atoms. The van der Waals surface area contributed by atoms with Crippen molar-refractivity contribution in [3.63, 3.8) is 0 Å². The third-order valence-electron chi connectivity index (χ3n) is 5.75. The molecule has 2 aromatic heterocycles. The lowest BCUT2D eigenvalue weighted by molar-refractivity contribution is -0.271. The number of hydrogen-bond acceptors (Lipinski definition) is 2. The lowest BCUT2D eigenvalue weighted by atomic mass is 9.91. The molecule has 2 heterocycles. The summed E-state index contributed by atoms with van der Waals surface area (Å²) in [4.78, 5) is 0. The first kappa shape index (κ1) is 21.1. The first-order valence-corrected chi connectivity index (χ1v) is 9.94. The molecule has 168 valence electrons. The van der Waals surface area contributed by atoms with Gasteiger partial charge in [-0.25, -0.2) is 13.5 Å². The molecule has 0 radical (unpaired) electrons. The molecule has 1 unspecified atom stereocenters. The van der Waals surface area contributed by atoms with Crippen LogP contribution in [0, 0.1) is 11.6 Å². The maximum Gasteiger partial charge on any atom is 0.423 e. The van der Waals surface area contributed by atoms with E-state index in [1.54, 1.807) is 0 Å². The van der Waals surface area contributed by atoms with Crippen LogP contribution in [0.3, 0.4) is 0 Å². The van der Waals surface area contributed by atoms with Crippen LogP contribution in [0.2, 0.25) is 0 Å². The summed E-state index contributed by atoms with van der Waals surface area (Å²) in [7, 11) is 0. The molecule has 5 aromatic rings. The van der Waals surface area contributed by atoms with E-state index in [0.29, 0.717) is 16.6 Å². The van der Waals surface area contributed by atoms with Gasteiger partial charge < -0.3 is 9.67 Å². The Labute approximate surface area is 184 Å². The predicted octanol–water partition coefficient (Wildman–Crippen LogP) is 5.71. The molecule has 3 aromatic carbocycles. The van der Waals surface area contributed by atoms with Crippen molar-refractivity contribution < 1.29 is 27.1 Å². The highest BCUT2D eigenvalue weighted by molar-refractivity contribution is 5.82. The third kappa shape index (κ3) is 3.45. The summed E-state index contributed by atoms with van der Waals surface area (Å²) in [5, 5.41) is 15.6. The van der Waals surface area contributed by atoms with Crippen molar-refractivity contribution in [2.24, 2.45) is 0 Å². The Balaban J connectivity index is 1.59. The number of hydrogen-bond donors (Lipinski definition) is 1. The Morgan fingerprint density at radius 1 is 0.879 bits per heavy atom. The van der Waals surface area contributed by atoms with E-state index >= 15 is 0 Å². The molecule has 0 fully saturated rings. The van der Waals surface area contributed by atoms with E-state index in [9.17, 15) is 27.1 Å². The van der Waals surface area contributed by atoms with Crippen LogP contribution in [0.1, 0.15) is 5.56 Å². The van der Waals surface area contributed by atoms with E-state index in [-0.39, 0.29) is 16.5 Å². The average Bonchev–Trinajstić information content (AvgIpc) is 3.38. The molecule has 0 amide bonds. The van der Waals surface area contributed by atoms with Crippen molar-refractivity contribution in [2.75, 3.05) is 0 Å². The minimum Gasteiger partial charge on any atom is -0.375 e. The van der Waals surface area contributed by atoms with E-state index in [2.05, 4.69) is 5.10 Å². The molecule has 1 N–H and O–H groups in total. The fourth-order valence-corrected chi connectivity index (χ4v) is 3.99. The van der Waals surface area contributed by atoms with Gasteiger partial charge >= 0.3 is 6.18 Å². The molecule has 5 rings (SSSR count). The zero-order chi connectivity index (χ0) is 23.4. The van der Waals surface area contributed by atoms with Gasteiger partial charge in [0.1, 0.15) is 11.6 Å². The number of rotatable bonds is 4. The van der Waals surface area contributed by atoms with Crippen molar-refractivity contribution in [1.82, 2.24) is 14.3 Å². The van der Waals surface area contributed by atoms with Gasteiger partial charge in [-0.2, -0.15) is 18.3 Å². The van der Waals surface area contributed by atoms with Gasteiger partial charge in [0.2, 0.25) is 5.60 Å². The number of benzene rings is 3. The summed E-state index contributed by atoms with van der Waals surface area (Å²) < 4.78 is 72.4. The molecular weight excluding hydrogens is 441 g/mol. The van der Waals surface area contributed by atoms with Crippen molar-refractivity contribution in [1.29, 1.82) is 0 Å². The maximum atomic E-state index is 14.2. The molecule has 0 aliphatic heterocycles. The second-order valence-corrected chi connectivity index (χ2v) is 7.78. The van der Waals surface area contributed by atoms with Crippen LogP contribution in [-0.4, -0.2) is 25.6 Å². The Morgan fingerprint density at radius 3 is 2.36 bits per heavy atom. The summed E-state index contributed by atoms with van der Waals surface area (Å²) in [6, 6.07) is 14.8. The summed E-state index contributed by atoms with van der Waals surface area (Å²) in [5.41, 5.74) is -2.35. The molecule has 0 saturated carbocycles. The van der Waals surface area contributed by atoms with Gasteiger partial charge in [0, 0.05) is 17.0 Å². The highest BCUT2D eigenvalue weighted by atomic mass is 19.4. The number of nitrogens with zero attached hydrogens (tertiary/aromatic N) is 3. The number of fused-ring (bicyclic) bond motifs is 2. The lowest BCUT2D eigenvalue weighted by Crippen LogP contribution is -2.45. The average molecular weight is 457 g/mol. The summed E-state index contributed by atoms with van der Waals surface area (Å²) in [6.45, 7) is -0.860. The maximum absolute atomic E-state index is 14.2. The van der Waals surface area contributed by atoms with E-state index in [4.69, 9.17) is 0 Å². The molecule has 0 aliphatic rings. The van der Waals surface area contributed by atoms with Crippen molar-refractivity contribution in [3.8, 4) is 5.69 Å². The highest BCUT2D eigenvalue weighted by Crippen LogP contribution is 2.42. The summed E-state index contributed by atoms with van der Waals surface area (Å²) in [6.07, 6.45) is -2.33. The molecule has 0 aliphatic carbocycles. The molecule has 0 spiro atoms. The van der Waals surface area contributed by atoms with Crippen LogP contribution in [0.25, 0.3) is 27.5 Å². The second kappa shape index (κ2) is 7.41. The first-order chi connectivity index (χ1) is 15.7. The van der Waals surface area contributed by atoms with Gasteiger partial charge in [-0.3, -0.25) is 0 Å². The zero-order valence-electron chi connectivity index (χ0n) is 16.9. The van der Waals surface area contributed by atoms with E-state index in [1.165, 1.54) is 88.4 Å². The van der Waals surface area contributed by atoms with Crippen LogP contribution in [0.15, 0.2) is 79.1 Å². The Hall–Kier alpha value is -3.72. The Morgan fingerprint density at radius 2 is 1.64 bits per heavy atom. The summed E-state index contributed by atoms with van der Waals surface area (Å²) in [5.74, 6) is -0.985. The van der Waals surface area contributed by atoms with E-state index < -0.39 is 30.0 Å². The third-order valence-corrected chi connectivity index (χ3v) is 5.75. The molecule has 0 bridgehead atoms. The fraction of sp³-hybridized carbons (Fsp3) is 0.125. The minimum atomic E-state index is -5.02. The monoisotopic (exact) mass is 457 g/mol. The smallest absolute Gasteiger partial charge is 0.375 e. The minimum absolute atomic E-state index is 0.165. The molecular formula is C24H16F5N3O. The van der Waals surface area contributed by atoms with Gasteiger partial charge in [0.15, 0.2) is 0 Å². The van der Waals surface area contributed by atoms with Gasteiger partial charge in [-0.1, -0.05) is 12.1 Å². The molecule has 1 atom stereocenters. The number of aliphatic hydroxyl groups is 1. The van der Waals surface area contributed by atoms with Crippen LogP contribution < -0.4 is 0 Å². The second-order valence-electron chi connectivity index (χ2n) is 7.78.